The summed E-state index contributed by atoms with van der Waals surface area (Å²) < 4.78 is 0. The van der Waals surface area contributed by atoms with Crippen LogP contribution in [0.15, 0.2) is 42.6 Å². The molecule has 10 nitrogen and oxygen atoms in total. The van der Waals surface area contributed by atoms with E-state index in [1.807, 2.05) is 50.2 Å². The zero-order valence-electron chi connectivity index (χ0n) is 19.5. The molecule has 4 rings (SSSR count). The minimum absolute atomic E-state index is 0.247. The zero-order valence-corrected chi connectivity index (χ0v) is 19.5. The van der Waals surface area contributed by atoms with Crippen molar-refractivity contribution in [1.82, 2.24) is 25.2 Å². The predicted molar refractivity (Wildman–Crippen MR) is 126 cm³/mol. The van der Waals surface area contributed by atoms with Crippen molar-refractivity contribution in [3.8, 4) is 0 Å². The highest BCUT2D eigenvalue weighted by Crippen LogP contribution is 2.39. The van der Waals surface area contributed by atoms with E-state index in [0.29, 0.717) is 18.1 Å². The molecule has 178 valence electrons. The van der Waals surface area contributed by atoms with E-state index >= 15 is 0 Å². The Kier molecular flexibility index (Phi) is 6.23. The van der Waals surface area contributed by atoms with Crippen LogP contribution in [0.1, 0.15) is 38.2 Å². The molecule has 0 aliphatic carbocycles. The van der Waals surface area contributed by atoms with Crippen molar-refractivity contribution < 1.29 is 19.5 Å². The molecule has 2 aromatic heterocycles. The number of rotatable bonds is 6. The van der Waals surface area contributed by atoms with E-state index in [1.54, 1.807) is 11.1 Å². The number of nitrogens with one attached hydrogen (secondary N) is 2. The molecule has 3 atom stereocenters. The number of carbonyl (C=O) groups excluding carboxylic acids is 2. The number of aromatic amines is 1. The lowest BCUT2D eigenvalue weighted by molar-refractivity contribution is -0.131. The molecule has 0 fully saturated rings. The smallest absolute Gasteiger partial charge is 0.407 e. The maximum atomic E-state index is 13.9. The van der Waals surface area contributed by atoms with Crippen LogP contribution < -0.4 is 10.2 Å². The fourth-order valence-electron chi connectivity index (χ4n) is 4.14. The van der Waals surface area contributed by atoms with Crippen LogP contribution in [-0.2, 0) is 16.0 Å². The van der Waals surface area contributed by atoms with Crippen molar-refractivity contribution in [2.75, 3.05) is 11.9 Å². The van der Waals surface area contributed by atoms with Crippen LogP contribution in [0.4, 0.5) is 10.6 Å². The molecule has 0 bridgehead atoms. The minimum atomic E-state index is -1.22. The summed E-state index contributed by atoms with van der Waals surface area (Å²) in [5.74, 6) is 0.0610. The SMILES string of the molecule is CC(C)[C@H](NC(=O)[C@H](C)N(C)C(=O)O)C(=O)N1c2ncccc2C[C@H]1c1nc2ccccc2[nH]1. The normalized spacial score (nSPS) is 16.9. The van der Waals surface area contributed by atoms with Crippen LogP contribution in [0.25, 0.3) is 11.0 Å². The third kappa shape index (κ3) is 4.18. The quantitative estimate of drug-likeness (QED) is 0.514. The molecule has 3 amide bonds. The highest BCUT2D eigenvalue weighted by Gasteiger charge is 2.42. The summed E-state index contributed by atoms with van der Waals surface area (Å²) in [5, 5.41) is 12.0. The Morgan fingerprint density at radius 3 is 2.59 bits per heavy atom. The molecule has 0 unspecified atom stereocenters. The highest BCUT2D eigenvalue weighted by molar-refractivity contribution is 6.01. The van der Waals surface area contributed by atoms with Crippen molar-refractivity contribution in [2.45, 2.75) is 45.3 Å². The van der Waals surface area contributed by atoms with Gasteiger partial charge in [0.05, 0.1) is 11.0 Å². The number of nitrogens with zero attached hydrogens (tertiary/aromatic N) is 4. The number of anilines is 1. The van der Waals surface area contributed by atoms with Gasteiger partial charge >= 0.3 is 6.09 Å². The van der Waals surface area contributed by atoms with Crippen LogP contribution in [0.3, 0.4) is 0 Å². The largest absolute Gasteiger partial charge is 0.465 e. The highest BCUT2D eigenvalue weighted by atomic mass is 16.4. The number of carbonyl (C=O) groups is 3. The molecule has 0 saturated carbocycles. The second-order valence-corrected chi connectivity index (χ2v) is 8.85. The molecule has 10 heteroatoms. The van der Waals surface area contributed by atoms with E-state index in [4.69, 9.17) is 4.98 Å². The number of hydrogen-bond donors (Lipinski definition) is 3. The third-order valence-corrected chi connectivity index (χ3v) is 6.27. The Labute approximate surface area is 197 Å². The van der Waals surface area contributed by atoms with Gasteiger partial charge in [0.1, 0.15) is 29.8 Å². The first kappa shape index (κ1) is 23.2. The average molecular weight is 465 g/mol. The number of H-pyrrole nitrogens is 1. The number of benzene rings is 1. The molecule has 3 heterocycles. The van der Waals surface area contributed by atoms with Crippen molar-refractivity contribution in [2.24, 2.45) is 5.92 Å². The maximum Gasteiger partial charge on any atom is 0.407 e. The molecule has 0 radical (unpaired) electrons. The predicted octanol–water partition coefficient (Wildman–Crippen LogP) is 2.73. The van der Waals surface area contributed by atoms with Gasteiger partial charge in [0, 0.05) is 19.7 Å². The molecule has 1 aliphatic rings. The van der Waals surface area contributed by atoms with Gasteiger partial charge in [-0.15, -0.1) is 0 Å². The van der Waals surface area contributed by atoms with E-state index in [0.717, 1.165) is 21.5 Å². The Balaban J connectivity index is 1.68. The number of aromatic nitrogens is 3. The number of pyridine rings is 1. The average Bonchev–Trinajstić information content (AvgIpc) is 3.42. The molecule has 1 aromatic carbocycles. The summed E-state index contributed by atoms with van der Waals surface area (Å²) in [6.45, 7) is 5.15. The minimum Gasteiger partial charge on any atom is -0.465 e. The summed E-state index contributed by atoms with van der Waals surface area (Å²) in [5.41, 5.74) is 2.58. The molecule has 1 aliphatic heterocycles. The van der Waals surface area contributed by atoms with E-state index in [1.165, 1.54) is 14.0 Å². The summed E-state index contributed by atoms with van der Waals surface area (Å²) in [4.78, 5) is 53.0. The number of fused-ring (bicyclic) bond motifs is 2. The Hall–Kier alpha value is -3.95. The van der Waals surface area contributed by atoms with Gasteiger partial charge in [-0.05, 0) is 36.6 Å². The topological polar surface area (TPSA) is 132 Å². The monoisotopic (exact) mass is 464 g/mol. The lowest BCUT2D eigenvalue weighted by Gasteiger charge is -2.31. The zero-order chi connectivity index (χ0) is 24.6. The summed E-state index contributed by atoms with van der Waals surface area (Å²) in [6, 6.07) is 9.15. The van der Waals surface area contributed by atoms with Crippen LogP contribution in [-0.4, -0.2) is 62.0 Å². The second-order valence-electron chi connectivity index (χ2n) is 8.85. The number of imidazole rings is 1. The van der Waals surface area contributed by atoms with Gasteiger partial charge in [-0.2, -0.15) is 0 Å². The number of amides is 3. The number of carboxylic acid groups (broad SMARTS) is 1. The van der Waals surface area contributed by atoms with E-state index in [-0.39, 0.29) is 11.8 Å². The van der Waals surface area contributed by atoms with Crippen LogP contribution in [0, 0.1) is 5.92 Å². The third-order valence-electron chi connectivity index (χ3n) is 6.27. The molecular formula is C24H28N6O4. The lowest BCUT2D eigenvalue weighted by Crippen LogP contribution is -2.56. The van der Waals surface area contributed by atoms with E-state index in [2.05, 4.69) is 15.3 Å². The number of hydrogen-bond acceptors (Lipinski definition) is 5. The Morgan fingerprint density at radius 2 is 1.91 bits per heavy atom. The molecular weight excluding hydrogens is 436 g/mol. The summed E-state index contributed by atoms with van der Waals surface area (Å²) in [6.07, 6.45) is 0.941. The lowest BCUT2D eigenvalue weighted by atomic mass is 10.0. The number of likely N-dealkylation sites (N-methyl/N-ethyl adjacent to an activating group) is 1. The fraction of sp³-hybridized carbons (Fsp3) is 0.375. The first-order valence-electron chi connectivity index (χ1n) is 11.2. The molecule has 0 saturated heterocycles. The van der Waals surface area contributed by atoms with E-state index < -0.39 is 30.1 Å². The van der Waals surface area contributed by atoms with Crippen LogP contribution in [0.5, 0.6) is 0 Å². The van der Waals surface area contributed by atoms with Crippen molar-refractivity contribution in [3.63, 3.8) is 0 Å². The van der Waals surface area contributed by atoms with Gasteiger partial charge in [-0.1, -0.05) is 32.0 Å². The van der Waals surface area contributed by atoms with Gasteiger partial charge in [0.15, 0.2) is 0 Å². The second kappa shape index (κ2) is 9.12. The summed E-state index contributed by atoms with van der Waals surface area (Å²) in [7, 11) is 1.32. The standard InChI is InChI=1S/C24H28N6O4/c1-13(2)19(28-22(31)14(3)29(4)24(33)34)23(32)30-18(12-15-8-7-11-25-21(15)30)20-26-16-9-5-6-10-17(16)27-20/h5-11,13-14,18-19H,12H2,1-4H3,(H,26,27)(H,28,31)(H,33,34)/t14-,18-,19-/m0/s1. The molecule has 3 aromatic rings. The van der Waals surface area contributed by atoms with Gasteiger partial charge in [0.2, 0.25) is 5.91 Å². The Bertz CT molecular complexity index is 1210. The maximum absolute atomic E-state index is 13.9. The van der Waals surface area contributed by atoms with Gasteiger partial charge in [0.25, 0.3) is 5.91 Å². The first-order valence-corrected chi connectivity index (χ1v) is 11.2. The van der Waals surface area contributed by atoms with Gasteiger partial charge in [-0.25, -0.2) is 14.8 Å². The molecule has 0 spiro atoms. The van der Waals surface area contributed by atoms with Gasteiger partial charge < -0.3 is 15.4 Å². The Morgan fingerprint density at radius 1 is 1.18 bits per heavy atom. The van der Waals surface area contributed by atoms with Crippen molar-refractivity contribution in [1.29, 1.82) is 0 Å². The van der Waals surface area contributed by atoms with Crippen LogP contribution in [0.2, 0.25) is 0 Å². The number of para-hydroxylation sites is 2. The van der Waals surface area contributed by atoms with Crippen molar-refractivity contribution in [3.05, 3.63) is 54.0 Å². The van der Waals surface area contributed by atoms with Crippen molar-refractivity contribution >= 4 is 34.8 Å². The summed E-state index contributed by atoms with van der Waals surface area (Å²) >= 11 is 0. The molecule has 3 N–H and O–H groups in total. The van der Waals surface area contributed by atoms with Gasteiger partial charge in [-0.3, -0.25) is 19.4 Å². The van der Waals surface area contributed by atoms with Crippen LogP contribution >= 0.6 is 0 Å². The first-order chi connectivity index (χ1) is 16.2. The fourth-order valence-corrected chi connectivity index (χ4v) is 4.14. The van der Waals surface area contributed by atoms with E-state index in [9.17, 15) is 19.5 Å². The molecule has 34 heavy (non-hydrogen) atoms.